The van der Waals surface area contributed by atoms with Crippen molar-refractivity contribution in [1.29, 1.82) is 0 Å². The molecule has 28 heavy (non-hydrogen) atoms. The van der Waals surface area contributed by atoms with Gasteiger partial charge in [-0.3, -0.25) is 4.79 Å². The molecule has 0 aromatic carbocycles. The van der Waals surface area contributed by atoms with Gasteiger partial charge in [-0.15, -0.1) is 0 Å². The molecule has 2 aliphatic rings. The van der Waals surface area contributed by atoms with E-state index in [1.807, 2.05) is 0 Å². The first-order valence-corrected chi connectivity index (χ1v) is 11.1. The van der Waals surface area contributed by atoms with Crippen LogP contribution in [0.3, 0.4) is 0 Å². The quantitative estimate of drug-likeness (QED) is 0.799. The number of anilines is 1. The number of sulfonamides is 1. The zero-order chi connectivity index (χ0) is 24.4. The van der Waals surface area contributed by atoms with Gasteiger partial charge in [-0.1, -0.05) is 19.8 Å². The van der Waals surface area contributed by atoms with Crippen molar-refractivity contribution in [2.24, 2.45) is 5.92 Å². The van der Waals surface area contributed by atoms with Crippen molar-refractivity contribution in [3.05, 3.63) is 28.2 Å². The molecule has 0 bridgehead atoms. The number of nitrogens with zero attached hydrogens (tertiary/aromatic N) is 3. The van der Waals surface area contributed by atoms with Crippen LogP contribution in [0.25, 0.3) is 11.0 Å². The van der Waals surface area contributed by atoms with Gasteiger partial charge in [0.2, 0.25) is 21.5 Å². The Hall–Kier alpha value is -2.00. The lowest BCUT2D eigenvalue weighted by molar-refractivity contribution is 0.331. The Morgan fingerprint density at radius 2 is 2.04 bits per heavy atom. The van der Waals surface area contributed by atoms with Gasteiger partial charge in [-0.05, 0) is 31.2 Å². The van der Waals surface area contributed by atoms with E-state index < -0.39 is 41.9 Å². The zero-order valence-electron chi connectivity index (χ0n) is 20.8. The molecule has 1 saturated heterocycles. The van der Waals surface area contributed by atoms with E-state index in [9.17, 15) is 13.2 Å². The molecule has 0 amide bonds. The molecule has 0 unspecified atom stereocenters. The smallest absolute Gasteiger partial charge is 0.249 e. The Morgan fingerprint density at radius 3 is 2.68 bits per heavy atom. The summed E-state index contributed by atoms with van der Waals surface area (Å²) in [4.78, 5) is 23.4. The van der Waals surface area contributed by atoms with Gasteiger partial charge in [-0.25, -0.2) is 17.7 Å². The van der Waals surface area contributed by atoms with Gasteiger partial charge >= 0.3 is 0 Å². The van der Waals surface area contributed by atoms with Gasteiger partial charge in [-0.2, -0.15) is 4.98 Å². The molecular weight excluding hydrogens is 378 g/mol. The van der Waals surface area contributed by atoms with Crippen molar-refractivity contribution >= 4 is 27.0 Å². The number of piperidine rings is 1. The van der Waals surface area contributed by atoms with Crippen molar-refractivity contribution in [2.75, 3.05) is 24.7 Å². The highest BCUT2D eigenvalue weighted by Crippen LogP contribution is 2.40. The summed E-state index contributed by atoms with van der Waals surface area (Å²) in [6.07, 6.45) is -1.47. The van der Waals surface area contributed by atoms with E-state index >= 15 is 0 Å². The van der Waals surface area contributed by atoms with Crippen molar-refractivity contribution in [3.63, 3.8) is 0 Å². The zero-order valence-corrected chi connectivity index (χ0v) is 16.6. The van der Waals surface area contributed by atoms with E-state index in [0.717, 1.165) is 25.5 Å². The second-order valence-corrected chi connectivity index (χ2v) is 9.40. The summed E-state index contributed by atoms with van der Waals surface area (Å²) in [6.45, 7) is 0.714. The monoisotopic (exact) mass is 410 g/mol. The molecule has 9 heteroatoms. The molecule has 8 nitrogen and oxygen atoms in total. The first-order valence-electron chi connectivity index (χ1n) is 11.8. The van der Waals surface area contributed by atoms with E-state index in [0.29, 0.717) is 21.3 Å². The summed E-state index contributed by atoms with van der Waals surface area (Å²) in [5.74, 6) is 0.210. The van der Waals surface area contributed by atoms with Crippen LogP contribution in [0.5, 0.6) is 0 Å². The van der Waals surface area contributed by atoms with Gasteiger partial charge < -0.3 is 10.3 Å². The first-order chi connectivity index (χ1) is 15.1. The van der Waals surface area contributed by atoms with Crippen LogP contribution >= 0.6 is 0 Å². The summed E-state index contributed by atoms with van der Waals surface area (Å²) < 4.78 is 67.1. The van der Waals surface area contributed by atoms with E-state index in [4.69, 9.17) is 6.85 Å². The van der Waals surface area contributed by atoms with Crippen molar-refractivity contribution in [3.8, 4) is 0 Å². The van der Waals surface area contributed by atoms with Gasteiger partial charge in [0, 0.05) is 42.0 Å². The molecule has 2 N–H and O–H groups in total. The topological polar surface area (TPSA) is 108 Å². The number of hydrogen-bond donors (Lipinski definition) is 2. The fraction of sp³-hybridized carbons (Fsp3) is 0.632. The van der Waals surface area contributed by atoms with E-state index in [2.05, 4.69) is 27.2 Å². The lowest BCUT2D eigenvalue weighted by Crippen LogP contribution is -2.42. The maximum atomic E-state index is 12.0. The Labute approximate surface area is 171 Å². The van der Waals surface area contributed by atoms with Gasteiger partial charge in [0.05, 0.1) is 13.3 Å². The Kier molecular flexibility index (Phi) is 3.73. The fourth-order valence-electron chi connectivity index (χ4n) is 3.84. The number of pyridine rings is 1. The molecule has 3 heterocycles. The van der Waals surface area contributed by atoms with Gasteiger partial charge in [0.1, 0.15) is 5.65 Å². The summed E-state index contributed by atoms with van der Waals surface area (Å²) in [6, 6.07) is 0.423. The predicted molar refractivity (Wildman–Crippen MR) is 109 cm³/mol. The summed E-state index contributed by atoms with van der Waals surface area (Å²) in [5, 5.41) is 3.20. The van der Waals surface area contributed by atoms with Crippen LogP contribution in [0.15, 0.2) is 16.9 Å². The minimum absolute atomic E-state index is 0.0734. The predicted octanol–water partition coefficient (Wildman–Crippen LogP) is 2.06. The van der Waals surface area contributed by atoms with Crippen LogP contribution in [-0.2, 0) is 10.0 Å². The highest BCUT2D eigenvalue weighted by atomic mass is 32.2. The number of rotatable bonds is 4. The lowest BCUT2D eigenvalue weighted by atomic mass is 9.92. The third-order valence-electron chi connectivity index (χ3n) is 5.40. The largest absolute Gasteiger partial charge is 0.351 e. The minimum atomic E-state index is -3.88. The maximum absolute atomic E-state index is 12.0. The number of aromatic amines is 1. The molecule has 4 rings (SSSR count). The lowest BCUT2D eigenvalue weighted by Gasteiger charge is -2.30. The fourth-order valence-corrected chi connectivity index (χ4v) is 4.44. The number of fused-ring (bicyclic) bond motifs is 1. The standard InChI is InChI=1S/C19H27N5O3S/c1-12-4-3-5-14(12)17-15-6-7-16(25)21-18(15)23-19(22-17)20-13-8-10-24(11-9-13)28(2,26)27/h6-7,12-14H,3-5,8-11H2,1-2H3,(H2,20,21,22,23,25)/t12-,14+/m0/s1/i8D2,9D2,13D. The molecule has 2 aromatic rings. The van der Waals surface area contributed by atoms with Crippen molar-refractivity contribution < 1.29 is 15.3 Å². The molecule has 2 atom stereocenters. The molecule has 152 valence electrons. The third kappa shape index (κ3) is 3.91. The average molecular weight is 411 g/mol. The molecular formula is C19H27N5O3S. The summed E-state index contributed by atoms with van der Waals surface area (Å²) in [5.41, 5.74) is 0.486. The highest BCUT2D eigenvalue weighted by molar-refractivity contribution is 7.88. The number of aromatic nitrogens is 3. The van der Waals surface area contributed by atoms with Crippen LogP contribution in [0.1, 0.15) is 57.4 Å². The summed E-state index contributed by atoms with van der Waals surface area (Å²) >= 11 is 0. The second-order valence-electron chi connectivity index (χ2n) is 7.42. The first kappa shape index (κ1) is 14.1. The number of hydrogen-bond acceptors (Lipinski definition) is 6. The number of H-pyrrole nitrogens is 1. The number of nitrogens with one attached hydrogen (secondary N) is 2. The van der Waals surface area contributed by atoms with E-state index in [1.54, 1.807) is 6.07 Å². The van der Waals surface area contributed by atoms with Crippen LogP contribution in [0.2, 0.25) is 0 Å². The van der Waals surface area contributed by atoms with Crippen LogP contribution < -0.4 is 10.9 Å². The van der Waals surface area contributed by atoms with E-state index in [-0.39, 0.29) is 23.1 Å². The van der Waals surface area contributed by atoms with Gasteiger partial charge in [0.25, 0.3) is 0 Å². The normalized spacial score (nSPS) is 32.0. The molecule has 1 aliphatic heterocycles. The molecule has 0 spiro atoms. The van der Waals surface area contributed by atoms with Crippen LogP contribution in [0.4, 0.5) is 5.95 Å². The Balaban J connectivity index is 1.82. The van der Waals surface area contributed by atoms with Gasteiger partial charge in [0.15, 0.2) is 0 Å². The van der Waals surface area contributed by atoms with Crippen LogP contribution in [0, 0.1) is 5.92 Å². The molecule has 1 aliphatic carbocycles. The SMILES string of the molecule is [2H]C1([2H])CN(S(C)(=O)=O)CC([2H])([2H])C1([2H])Nc1nc([C@@H]2CCC[C@@H]2C)c2ccc(=O)[nH]c2n1. The minimum Gasteiger partial charge on any atom is -0.351 e. The Morgan fingerprint density at radius 1 is 1.29 bits per heavy atom. The van der Waals surface area contributed by atoms with Crippen molar-refractivity contribution in [1.82, 2.24) is 19.3 Å². The van der Waals surface area contributed by atoms with Crippen molar-refractivity contribution in [2.45, 2.75) is 50.9 Å². The molecule has 2 aromatic heterocycles. The average Bonchev–Trinajstić information content (AvgIpc) is 3.10. The highest BCUT2D eigenvalue weighted by Gasteiger charge is 2.29. The molecule has 2 fully saturated rings. The molecule has 0 radical (unpaired) electrons. The third-order valence-corrected chi connectivity index (χ3v) is 6.60. The van der Waals surface area contributed by atoms with E-state index in [1.165, 1.54) is 6.07 Å². The second kappa shape index (κ2) is 7.44. The molecule has 1 saturated carbocycles. The maximum Gasteiger partial charge on any atom is 0.249 e. The Bertz CT molecular complexity index is 1230. The summed E-state index contributed by atoms with van der Waals surface area (Å²) in [7, 11) is -3.88. The van der Waals surface area contributed by atoms with Crippen LogP contribution in [-0.4, -0.2) is 53.0 Å².